The maximum Gasteiger partial charge on any atom is 0.341 e. The molecule has 0 bridgehead atoms. The number of likely N-dealkylation sites (N-methyl/N-ethyl adjacent to an activating group) is 1. The third-order valence-electron chi connectivity index (χ3n) is 4.07. The lowest BCUT2D eigenvalue weighted by Gasteiger charge is -2.16. The summed E-state index contributed by atoms with van der Waals surface area (Å²) < 4.78 is 18.0. The van der Waals surface area contributed by atoms with Crippen molar-refractivity contribution in [2.45, 2.75) is 20.8 Å². The summed E-state index contributed by atoms with van der Waals surface area (Å²) in [4.78, 5) is 39.1. The van der Waals surface area contributed by atoms with Gasteiger partial charge >= 0.3 is 5.97 Å². The Morgan fingerprint density at radius 1 is 1.07 bits per heavy atom. The number of nitrogens with one attached hydrogen (secondary N) is 2. The Labute approximate surface area is 172 Å². The molecule has 7 nitrogen and oxygen atoms in total. The average molecular weight is 421 g/mol. The molecule has 0 unspecified atom stereocenters. The highest BCUT2D eigenvalue weighted by molar-refractivity contribution is 7.16. The van der Waals surface area contributed by atoms with Gasteiger partial charge < -0.3 is 15.4 Å². The van der Waals surface area contributed by atoms with E-state index in [1.54, 1.807) is 20.9 Å². The molecule has 29 heavy (non-hydrogen) atoms. The van der Waals surface area contributed by atoms with Crippen molar-refractivity contribution in [2.24, 2.45) is 0 Å². The minimum atomic E-state index is -0.475. The SMILES string of the molecule is CCOC(=O)c1c(NC(=O)CN(C)CC(=O)Nc2ccc(F)cc2)sc(C)c1C. The Hall–Kier alpha value is -2.78. The van der Waals surface area contributed by atoms with E-state index < -0.39 is 11.8 Å². The molecule has 2 amide bonds. The number of aryl methyl sites for hydroxylation is 1. The molecule has 156 valence electrons. The fourth-order valence-electron chi connectivity index (χ4n) is 2.61. The zero-order valence-corrected chi connectivity index (χ0v) is 17.6. The van der Waals surface area contributed by atoms with Gasteiger partial charge in [0.25, 0.3) is 0 Å². The van der Waals surface area contributed by atoms with E-state index in [9.17, 15) is 18.8 Å². The van der Waals surface area contributed by atoms with E-state index in [1.807, 2.05) is 6.92 Å². The minimum absolute atomic E-state index is 0.0297. The first-order valence-electron chi connectivity index (χ1n) is 9.02. The van der Waals surface area contributed by atoms with Crippen molar-refractivity contribution < 1.29 is 23.5 Å². The number of amides is 2. The molecule has 2 aromatic rings. The number of hydrogen-bond donors (Lipinski definition) is 2. The van der Waals surface area contributed by atoms with Crippen molar-refractivity contribution in [1.82, 2.24) is 4.90 Å². The van der Waals surface area contributed by atoms with Crippen molar-refractivity contribution in [3.05, 3.63) is 46.1 Å². The number of thiophene rings is 1. The summed E-state index contributed by atoms with van der Waals surface area (Å²) in [6.45, 7) is 5.56. The lowest BCUT2D eigenvalue weighted by atomic mass is 10.1. The first-order valence-corrected chi connectivity index (χ1v) is 9.83. The monoisotopic (exact) mass is 421 g/mol. The normalized spacial score (nSPS) is 10.7. The highest BCUT2D eigenvalue weighted by Crippen LogP contribution is 2.33. The van der Waals surface area contributed by atoms with Gasteiger partial charge in [-0.2, -0.15) is 0 Å². The zero-order valence-electron chi connectivity index (χ0n) is 16.8. The molecule has 0 spiro atoms. The molecule has 2 rings (SSSR count). The van der Waals surface area contributed by atoms with E-state index in [-0.39, 0.29) is 31.5 Å². The van der Waals surface area contributed by atoms with Gasteiger partial charge in [0.15, 0.2) is 0 Å². The molecule has 9 heteroatoms. The van der Waals surface area contributed by atoms with Crippen LogP contribution in [0.2, 0.25) is 0 Å². The summed E-state index contributed by atoms with van der Waals surface area (Å²) in [7, 11) is 1.63. The van der Waals surface area contributed by atoms with E-state index >= 15 is 0 Å². The van der Waals surface area contributed by atoms with Crippen LogP contribution in [0.3, 0.4) is 0 Å². The third-order valence-corrected chi connectivity index (χ3v) is 5.20. The number of nitrogens with zero attached hydrogens (tertiary/aromatic N) is 1. The van der Waals surface area contributed by atoms with Crippen molar-refractivity contribution in [3.63, 3.8) is 0 Å². The summed E-state index contributed by atoms with van der Waals surface area (Å²) in [5.41, 5.74) is 1.60. The molecular formula is C20H24FN3O4S. The number of benzene rings is 1. The lowest BCUT2D eigenvalue weighted by molar-refractivity contribution is -0.119. The van der Waals surface area contributed by atoms with Crippen molar-refractivity contribution in [1.29, 1.82) is 0 Å². The Balaban J connectivity index is 1.93. The first-order chi connectivity index (χ1) is 13.7. The maximum atomic E-state index is 12.9. The second kappa shape index (κ2) is 10.1. The Kier molecular flexibility index (Phi) is 7.86. The molecule has 0 saturated carbocycles. The summed E-state index contributed by atoms with van der Waals surface area (Å²) in [5.74, 6) is -1.55. The standard InChI is InChI=1S/C20H24FN3O4S/c1-5-28-20(27)18-12(2)13(3)29-19(18)23-17(26)11-24(4)10-16(25)22-15-8-6-14(21)7-9-15/h6-9H,5,10-11H2,1-4H3,(H,22,25)(H,23,26). The molecule has 0 atom stereocenters. The fraction of sp³-hybridized carbons (Fsp3) is 0.350. The molecule has 2 N–H and O–H groups in total. The number of rotatable bonds is 8. The molecule has 1 heterocycles. The van der Waals surface area contributed by atoms with Crippen LogP contribution in [0.15, 0.2) is 24.3 Å². The van der Waals surface area contributed by atoms with Gasteiger partial charge in [0.1, 0.15) is 10.8 Å². The number of hydrogen-bond acceptors (Lipinski definition) is 6. The van der Waals surface area contributed by atoms with Crippen molar-refractivity contribution in [2.75, 3.05) is 37.4 Å². The third kappa shape index (κ3) is 6.37. The summed E-state index contributed by atoms with van der Waals surface area (Å²) in [6, 6.07) is 5.41. The molecular weight excluding hydrogens is 397 g/mol. The smallest absolute Gasteiger partial charge is 0.341 e. The second-order valence-corrected chi connectivity index (χ2v) is 7.71. The van der Waals surface area contributed by atoms with E-state index in [2.05, 4.69) is 10.6 Å². The number of anilines is 2. The molecule has 0 aliphatic rings. The van der Waals surface area contributed by atoms with Crippen LogP contribution < -0.4 is 10.6 Å². The van der Waals surface area contributed by atoms with Crippen LogP contribution in [-0.2, 0) is 14.3 Å². The maximum absolute atomic E-state index is 12.9. The lowest BCUT2D eigenvalue weighted by Crippen LogP contribution is -2.36. The van der Waals surface area contributed by atoms with Crippen LogP contribution in [0.4, 0.5) is 15.1 Å². The predicted octanol–water partition coefficient (Wildman–Crippen LogP) is 3.19. The second-order valence-electron chi connectivity index (χ2n) is 6.48. The number of halogens is 1. The van der Waals surface area contributed by atoms with Crippen molar-refractivity contribution >= 4 is 39.8 Å². The largest absolute Gasteiger partial charge is 0.462 e. The summed E-state index contributed by atoms with van der Waals surface area (Å²) in [5, 5.41) is 5.81. The molecule has 0 fully saturated rings. The van der Waals surface area contributed by atoms with E-state index in [0.717, 1.165) is 10.4 Å². The molecule has 0 saturated heterocycles. The molecule has 1 aromatic heterocycles. The topological polar surface area (TPSA) is 87.7 Å². The first kappa shape index (κ1) is 22.5. The Morgan fingerprint density at radius 2 is 1.66 bits per heavy atom. The predicted molar refractivity (Wildman–Crippen MR) is 111 cm³/mol. The van der Waals surface area contributed by atoms with Gasteiger partial charge in [-0.1, -0.05) is 0 Å². The zero-order chi connectivity index (χ0) is 21.6. The van der Waals surface area contributed by atoms with Gasteiger partial charge in [-0.3, -0.25) is 14.5 Å². The Bertz CT molecular complexity index is 896. The van der Waals surface area contributed by atoms with Crippen LogP contribution in [0.25, 0.3) is 0 Å². The van der Waals surface area contributed by atoms with Crippen LogP contribution in [0.1, 0.15) is 27.7 Å². The highest BCUT2D eigenvalue weighted by Gasteiger charge is 2.22. The van der Waals surface area contributed by atoms with E-state index in [0.29, 0.717) is 16.3 Å². The molecule has 0 radical (unpaired) electrons. The summed E-state index contributed by atoms with van der Waals surface area (Å²) >= 11 is 1.31. The number of carbonyl (C=O) groups excluding carboxylic acids is 3. The molecule has 0 aliphatic heterocycles. The van der Waals surface area contributed by atoms with Gasteiger partial charge in [0.05, 0.1) is 25.3 Å². The summed E-state index contributed by atoms with van der Waals surface area (Å²) in [6.07, 6.45) is 0. The van der Waals surface area contributed by atoms with Gasteiger partial charge in [-0.25, -0.2) is 9.18 Å². The average Bonchev–Trinajstić information content (AvgIpc) is 2.90. The van der Waals surface area contributed by atoms with E-state index in [1.165, 1.54) is 40.5 Å². The number of ether oxygens (including phenoxy) is 1. The van der Waals surface area contributed by atoms with Crippen LogP contribution in [0.5, 0.6) is 0 Å². The van der Waals surface area contributed by atoms with Gasteiger partial charge in [-0.15, -0.1) is 11.3 Å². The fourth-order valence-corrected chi connectivity index (χ4v) is 3.67. The highest BCUT2D eigenvalue weighted by atomic mass is 32.1. The molecule has 0 aliphatic carbocycles. The quantitative estimate of drug-likeness (QED) is 0.639. The van der Waals surface area contributed by atoms with Gasteiger partial charge in [0.2, 0.25) is 11.8 Å². The van der Waals surface area contributed by atoms with Crippen LogP contribution >= 0.6 is 11.3 Å². The Morgan fingerprint density at radius 3 is 2.24 bits per heavy atom. The minimum Gasteiger partial charge on any atom is -0.462 e. The van der Waals surface area contributed by atoms with Gasteiger partial charge in [0, 0.05) is 10.6 Å². The van der Waals surface area contributed by atoms with Crippen LogP contribution in [0, 0.1) is 19.7 Å². The number of esters is 1. The number of carbonyl (C=O) groups is 3. The van der Waals surface area contributed by atoms with E-state index in [4.69, 9.17) is 4.74 Å². The van der Waals surface area contributed by atoms with Crippen molar-refractivity contribution in [3.8, 4) is 0 Å². The van der Waals surface area contributed by atoms with Crippen LogP contribution in [-0.4, -0.2) is 49.4 Å². The molecule has 1 aromatic carbocycles. The van der Waals surface area contributed by atoms with Gasteiger partial charge in [-0.05, 0) is 57.6 Å².